The van der Waals surface area contributed by atoms with Crippen LogP contribution in [0.25, 0.3) is 11.1 Å². The number of fused-ring (bicyclic) bond motifs is 1. The Hall–Kier alpha value is -1.75. The van der Waals surface area contributed by atoms with Crippen molar-refractivity contribution >= 4 is 22.6 Å². The third-order valence-electron chi connectivity index (χ3n) is 1.92. The third kappa shape index (κ3) is 2.87. The second-order valence-corrected chi connectivity index (χ2v) is 4.16. The number of nitrogens with one attached hydrogen (secondary N) is 1. The molecule has 2 aliphatic carbocycles. The van der Waals surface area contributed by atoms with Crippen molar-refractivity contribution in [2.75, 3.05) is 5.32 Å². The maximum Gasteiger partial charge on any atom is 0.223 e. The summed E-state index contributed by atoms with van der Waals surface area (Å²) in [5.74, 6) is 0.574. The van der Waals surface area contributed by atoms with Crippen LogP contribution in [0, 0.1) is 6.92 Å². The zero-order valence-corrected chi connectivity index (χ0v) is 9.84. The van der Waals surface area contributed by atoms with Gasteiger partial charge in [0.05, 0.1) is 0 Å². The molecule has 3 rings (SSSR count). The summed E-state index contributed by atoms with van der Waals surface area (Å²) in [6, 6.07) is 8.48. The summed E-state index contributed by atoms with van der Waals surface area (Å²) in [7, 11) is 0. The second kappa shape index (κ2) is 4.40. The first-order valence-electron chi connectivity index (χ1n) is 4.83. The van der Waals surface area contributed by atoms with Crippen LogP contribution in [-0.4, -0.2) is 15.3 Å². The molecule has 0 bridgehead atoms. The molecule has 82 valence electrons. The van der Waals surface area contributed by atoms with Gasteiger partial charge in [0, 0.05) is 18.5 Å². The fourth-order valence-electron chi connectivity index (χ4n) is 1.17. The Labute approximate surface area is 97.5 Å². The normalized spacial score (nSPS) is 10.1. The fraction of sp³-hybridized carbons (Fsp3) is 0.182. The Morgan fingerprint density at radius 2 is 2.06 bits per heavy atom. The minimum absolute atomic E-state index is 0.115. The summed E-state index contributed by atoms with van der Waals surface area (Å²) >= 11 is 1.18. The van der Waals surface area contributed by atoms with Crippen molar-refractivity contribution in [2.24, 2.45) is 0 Å². The highest BCUT2D eigenvalue weighted by Crippen LogP contribution is 2.32. The van der Waals surface area contributed by atoms with E-state index in [9.17, 15) is 4.79 Å². The first kappa shape index (κ1) is 10.8. The monoisotopic (exact) mass is 233 g/mol. The standard InChI is InChI=1S/C6H4.C5H7N3OS/c1-2-5-4-6(5)3-1;1-3-6-5(10-8-3)7-4(2)9/h1-4H;1-2H3,(H,6,7,8,9). The first-order valence-corrected chi connectivity index (χ1v) is 5.61. The number of rotatable bonds is 1. The number of hydrogen-bond donors (Lipinski definition) is 1. The molecular formula is C11H11N3OS. The Morgan fingerprint density at radius 1 is 1.38 bits per heavy atom. The van der Waals surface area contributed by atoms with E-state index in [1.54, 1.807) is 6.92 Å². The van der Waals surface area contributed by atoms with Crippen LogP contribution in [0.3, 0.4) is 0 Å². The number of carbonyl (C=O) groups is 1. The van der Waals surface area contributed by atoms with Gasteiger partial charge in [-0.1, -0.05) is 18.2 Å². The van der Waals surface area contributed by atoms with Crippen LogP contribution in [0.5, 0.6) is 0 Å². The molecule has 5 heteroatoms. The smallest absolute Gasteiger partial charge is 0.223 e. The van der Waals surface area contributed by atoms with E-state index in [-0.39, 0.29) is 5.91 Å². The van der Waals surface area contributed by atoms with Crippen LogP contribution >= 0.6 is 11.5 Å². The second-order valence-electron chi connectivity index (χ2n) is 3.41. The van der Waals surface area contributed by atoms with E-state index in [2.05, 4.69) is 38.9 Å². The molecule has 1 aromatic heterocycles. The van der Waals surface area contributed by atoms with E-state index in [1.165, 1.54) is 29.6 Å². The van der Waals surface area contributed by atoms with E-state index in [1.807, 2.05) is 0 Å². The van der Waals surface area contributed by atoms with Gasteiger partial charge < -0.3 is 5.32 Å². The number of aromatic nitrogens is 2. The van der Waals surface area contributed by atoms with Crippen molar-refractivity contribution in [1.82, 2.24) is 9.36 Å². The molecule has 0 unspecified atom stereocenters. The minimum atomic E-state index is -0.115. The maximum absolute atomic E-state index is 10.5. The Balaban J connectivity index is 0.000000134. The lowest BCUT2D eigenvalue weighted by molar-refractivity contribution is -0.114. The van der Waals surface area contributed by atoms with Crippen molar-refractivity contribution in [3.63, 3.8) is 0 Å². The number of hydrogen-bond acceptors (Lipinski definition) is 4. The molecule has 0 fully saturated rings. The molecule has 1 amide bonds. The van der Waals surface area contributed by atoms with Gasteiger partial charge in [0.2, 0.25) is 11.0 Å². The molecule has 0 atom stereocenters. The van der Waals surface area contributed by atoms with Crippen LogP contribution in [0.1, 0.15) is 12.7 Å². The Morgan fingerprint density at radius 3 is 2.38 bits per heavy atom. The minimum Gasteiger partial charge on any atom is -0.301 e. The van der Waals surface area contributed by atoms with Gasteiger partial charge in [-0.3, -0.25) is 4.79 Å². The first-order chi connectivity index (χ1) is 7.65. The Kier molecular flexibility index (Phi) is 2.96. The van der Waals surface area contributed by atoms with E-state index in [0.29, 0.717) is 11.0 Å². The zero-order valence-electron chi connectivity index (χ0n) is 9.02. The number of anilines is 1. The van der Waals surface area contributed by atoms with Gasteiger partial charge in [-0.25, -0.2) is 4.98 Å². The molecule has 0 spiro atoms. The van der Waals surface area contributed by atoms with Gasteiger partial charge in [-0.05, 0) is 24.1 Å². The average molecular weight is 233 g/mol. The van der Waals surface area contributed by atoms with Gasteiger partial charge in [-0.2, -0.15) is 4.37 Å². The van der Waals surface area contributed by atoms with Crippen molar-refractivity contribution in [2.45, 2.75) is 13.8 Å². The summed E-state index contributed by atoms with van der Waals surface area (Å²) in [5, 5.41) is 3.09. The summed E-state index contributed by atoms with van der Waals surface area (Å²) < 4.78 is 3.89. The van der Waals surface area contributed by atoms with Gasteiger partial charge in [0.25, 0.3) is 0 Å². The van der Waals surface area contributed by atoms with Gasteiger partial charge in [0.15, 0.2) is 0 Å². The third-order valence-corrected chi connectivity index (χ3v) is 2.64. The molecule has 2 aliphatic rings. The average Bonchev–Trinajstić information content (AvgIpc) is 2.63. The SMILES string of the molecule is CC(=O)Nc1nc(C)ns1.c1cc2cc-2c1. The number of carbonyl (C=O) groups excluding carboxylic acids is 1. The van der Waals surface area contributed by atoms with Crippen LogP contribution in [-0.2, 0) is 4.79 Å². The molecule has 4 nitrogen and oxygen atoms in total. The molecule has 0 saturated heterocycles. The molecule has 1 N–H and O–H groups in total. The molecule has 16 heavy (non-hydrogen) atoms. The summed E-state index contributed by atoms with van der Waals surface area (Å²) in [6.07, 6.45) is 0. The number of benzene rings is 1. The van der Waals surface area contributed by atoms with Gasteiger partial charge in [-0.15, -0.1) is 0 Å². The predicted molar refractivity (Wildman–Crippen MR) is 64.4 cm³/mol. The van der Waals surface area contributed by atoms with Gasteiger partial charge in [0.1, 0.15) is 5.82 Å². The number of nitrogens with zero attached hydrogens (tertiary/aromatic N) is 2. The maximum atomic E-state index is 10.5. The molecule has 0 radical (unpaired) electrons. The molecule has 0 saturated carbocycles. The lowest BCUT2D eigenvalue weighted by Gasteiger charge is -1.90. The van der Waals surface area contributed by atoms with Crippen LogP contribution in [0.4, 0.5) is 5.13 Å². The quantitative estimate of drug-likeness (QED) is 0.702. The van der Waals surface area contributed by atoms with Crippen LogP contribution < -0.4 is 5.32 Å². The number of amides is 1. The van der Waals surface area contributed by atoms with Gasteiger partial charge >= 0.3 is 0 Å². The summed E-state index contributed by atoms with van der Waals surface area (Å²) in [4.78, 5) is 14.4. The predicted octanol–water partition coefficient (Wildman–Crippen LogP) is 2.47. The fourth-order valence-corrected chi connectivity index (χ4v) is 1.80. The highest BCUT2D eigenvalue weighted by Gasteiger charge is 2.06. The van der Waals surface area contributed by atoms with Crippen LogP contribution in [0.2, 0.25) is 0 Å². The summed E-state index contributed by atoms with van der Waals surface area (Å²) in [6.45, 7) is 3.22. The topological polar surface area (TPSA) is 54.9 Å². The molecule has 1 heterocycles. The molecule has 1 aromatic rings. The number of aryl methyl sites for hydroxylation is 1. The van der Waals surface area contributed by atoms with E-state index in [4.69, 9.17) is 0 Å². The molecule has 0 aliphatic heterocycles. The zero-order chi connectivity index (χ0) is 11.5. The largest absolute Gasteiger partial charge is 0.301 e. The van der Waals surface area contributed by atoms with E-state index < -0.39 is 0 Å². The Bertz CT molecular complexity index is 504. The molecular weight excluding hydrogens is 222 g/mol. The highest BCUT2D eigenvalue weighted by molar-refractivity contribution is 7.09. The summed E-state index contributed by atoms with van der Waals surface area (Å²) in [5.41, 5.74) is 2.85. The van der Waals surface area contributed by atoms with Crippen LogP contribution in [0.15, 0.2) is 24.3 Å². The van der Waals surface area contributed by atoms with E-state index >= 15 is 0 Å². The molecule has 0 aromatic carbocycles. The lowest BCUT2D eigenvalue weighted by atomic mass is 10.6. The van der Waals surface area contributed by atoms with Crippen molar-refractivity contribution in [3.05, 3.63) is 30.1 Å². The highest BCUT2D eigenvalue weighted by atomic mass is 32.1. The van der Waals surface area contributed by atoms with Crippen molar-refractivity contribution in [1.29, 1.82) is 0 Å². The van der Waals surface area contributed by atoms with Crippen molar-refractivity contribution < 1.29 is 4.79 Å². The van der Waals surface area contributed by atoms with Crippen molar-refractivity contribution in [3.8, 4) is 11.1 Å². The lowest BCUT2D eigenvalue weighted by Crippen LogP contribution is -2.04. The van der Waals surface area contributed by atoms with E-state index in [0.717, 1.165) is 0 Å².